The Balaban J connectivity index is 2.00. The summed E-state index contributed by atoms with van der Waals surface area (Å²) in [4.78, 5) is 14.8. The predicted molar refractivity (Wildman–Crippen MR) is 96.0 cm³/mol. The van der Waals surface area contributed by atoms with E-state index in [1.807, 2.05) is 11.9 Å². The van der Waals surface area contributed by atoms with Crippen LogP contribution < -0.4 is 10.1 Å². The van der Waals surface area contributed by atoms with Gasteiger partial charge in [0.1, 0.15) is 12.4 Å². The number of nitrogens with zero attached hydrogens (tertiary/aromatic N) is 1. The number of nitrogens with one attached hydrogen (secondary N) is 1. The third-order valence-corrected chi connectivity index (χ3v) is 4.66. The Bertz CT molecular complexity index is 531. The van der Waals surface area contributed by atoms with Gasteiger partial charge in [-0.1, -0.05) is 11.6 Å². The molecule has 1 aliphatic heterocycles. The number of hydrogen-bond donors (Lipinski definition) is 1. The molecule has 0 aromatic heterocycles. The van der Waals surface area contributed by atoms with Crippen molar-refractivity contribution >= 4 is 17.5 Å². The van der Waals surface area contributed by atoms with E-state index in [0.29, 0.717) is 35.5 Å². The van der Waals surface area contributed by atoms with Gasteiger partial charge in [0.05, 0.1) is 12.2 Å². The van der Waals surface area contributed by atoms with Crippen LogP contribution in [-0.2, 0) is 4.74 Å². The normalized spacial score (nSPS) is 15.5. The molecule has 0 aliphatic carbocycles. The lowest BCUT2D eigenvalue weighted by Crippen LogP contribution is -2.39. The van der Waals surface area contributed by atoms with Gasteiger partial charge in [0.2, 0.25) is 0 Å². The van der Waals surface area contributed by atoms with E-state index < -0.39 is 0 Å². The Morgan fingerprint density at radius 2 is 2.08 bits per heavy atom. The van der Waals surface area contributed by atoms with Crippen LogP contribution in [-0.4, -0.2) is 57.8 Å². The molecule has 1 aliphatic rings. The molecule has 0 atom stereocenters. The molecule has 0 spiro atoms. The Morgan fingerprint density at radius 1 is 1.33 bits per heavy atom. The number of carbonyl (C=O) groups excluding carboxylic acids is 1. The summed E-state index contributed by atoms with van der Waals surface area (Å²) >= 11 is 6.08. The van der Waals surface area contributed by atoms with Crippen molar-refractivity contribution in [2.75, 3.05) is 47.0 Å². The number of carbonyl (C=O) groups is 1. The van der Waals surface area contributed by atoms with Gasteiger partial charge in [0.25, 0.3) is 5.91 Å². The SMILES string of the molecule is CNCCC1CCN(C(=O)c2cc(Cl)ccc2OCCOC)CC1. The Kier molecular flexibility index (Phi) is 7.82. The molecule has 2 rings (SSSR count). The maximum Gasteiger partial charge on any atom is 0.257 e. The van der Waals surface area contributed by atoms with Crippen LogP contribution in [0.15, 0.2) is 18.2 Å². The lowest BCUT2D eigenvalue weighted by molar-refractivity contribution is 0.0680. The molecule has 1 fully saturated rings. The summed E-state index contributed by atoms with van der Waals surface area (Å²) in [5, 5.41) is 3.73. The second-order valence-corrected chi connectivity index (χ2v) is 6.55. The van der Waals surface area contributed by atoms with Crippen LogP contribution in [0.25, 0.3) is 0 Å². The summed E-state index contributed by atoms with van der Waals surface area (Å²) in [6.45, 7) is 3.50. The van der Waals surface area contributed by atoms with Crippen LogP contribution >= 0.6 is 11.6 Å². The van der Waals surface area contributed by atoms with Crippen molar-refractivity contribution in [1.82, 2.24) is 10.2 Å². The fraction of sp³-hybridized carbons (Fsp3) is 0.611. The number of likely N-dealkylation sites (tertiary alicyclic amines) is 1. The Labute approximate surface area is 149 Å². The zero-order chi connectivity index (χ0) is 17.4. The van der Waals surface area contributed by atoms with E-state index in [1.165, 1.54) is 6.42 Å². The van der Waals surface area contributed by atoms with Gasteiger partial charge in [-0.2, -0.15) is 0 Å². The minimum absolute atomic E-state index is 0.00279. The zero-order valence-electron chi connectivity index (χ0n) is 14.5. The highest BCUT2D eigenvalue weighted by Crippen LogP contribution is 2.27. The van der Waals surface area contributed by atoms with Gasteiger partial charge < -0.3 is 19.7 Å². The van der Waals surface area contributed by atoms with Gasteiger partial charge in [-0.3, -0.25) is 4.79 Å². The number of amides is 1. The van der Waals surface area contributed by atoms with Crippen molar-refractivity contribution in [2.24, 2.45) is 5.92 Å². The highest BCUT2D eigenvalue weighted by atomic mass is 35.5. The van der Waals surface area contributed by atoms with Crippen molar-refractivity contribution in [2.45, 2.75) is 19.3 Å². The van der Waals surface area contributed by atoms with Crippen LogP contribution in [0, 0.1) is 5.92 Å². The molecular formula is C18H27ClN2O3. The minimum Gasteiger partial charge on any atom is -0.490 e. The molecule has 0 unspecified atom stereocenters. The fourth-order valence-electron chi connectivity index (χ4n) is 2.97. The van der Waals surface area contributed by atoms with E-state index in [1.54, 1.807) is 25.3 Å². The number of benzene rings is 1. The van der Waals surface area contributed by atoms with Crippen molar-refractivity contribution in [3.8, 4) is 5.75 Å². The van der Waals surface area contributed by atoms with Crippen LogP contribution in [0.4, 0.5) is 0 Å². The Morgan fingerprint density at radius 3 is 2.75 bits per heavy atom. The first-order valence-corrected chi connectivity index (χ1v) is 8.88. The highest BCUT2D eigenvalue weighted by Gasteiger charge is 2.25. The molecule has 0 radical (unpaired) electrons. The third kappa shape index (κ3) is 5.36. The van der Waals surface area contributed by atoms with E-state index in [-0.39, 0.29) is 5.91 Å². The van der Waals surface area contributed by atoms with Gasteiger partial charge in [0.15, 0.2) is 0 Å². The first-order chi connectivity index (χ1) is 11.7. The fourth-order valence-corrected chi connectivity index (χ4v) is 3.15. The predicted octanol–water partition coefficient (Wildman–Crippen LogP) is 2.83. The molecule has 6 heteroatoms. The molecule has 1 aromatic carbocycles. The van der Waals surface area contributed by atoms with Crippen molar-refractivity contribution < 1.29 is 14.3 Å². The third-order valence-electron chi connectivity index (χ3n) is 4.42. The van der Waals surface area contributed by atoms with E-state index in [2.05, 4.69) is 5.32 Å². The van der Waals surface area contributed by atoms with Crippen LogP contribution in [0.5, 0.6) is 5.75 Å². The first kappa shape index (κ1) is 19.0. The molecule has 0 saturated carbocycles. The molecule has 1 N–H and O–H groups in total. The van der Waals surface area contributed by atoms with Crippen molar-refractivity contribution in [1.29, 1.82) is 0 Å². The summed E-state index contributed by atoms with van der Waals surface area (Å²) < 4.78 is 10.7. The molecule has 134 valence electrons. The quantitative estimate of drug-likeness (QED) is 0.729. The number of ether oxygens (including phenoxy) is 2. The summed E-state index contributed by atoms with van der Waals surface area (Å²) in [5.41, 5.74) is 0.535. The summed E-state index contributed by atoms with van der Waals surface area (Å²) in [7, 11) is 3.60. The lowest BCUT2D eigenvalue weighted by Gasteiger charge is -2.32. The standard InChI is InChI=1S/C18H27ClN2O3/c1-20-8-5-14-6-9-21(10-7-14)18(22)16-13-15(19)3-4-17(16)24-12-11-23-2/h3-4,13-14,20H,5-12H2,1-2H3. The molecule has 0 bridgehead atoms. The maximum atomic E-state index is 12.9. The largest absolute Gasteiger partial charge is 0.490 e. The summed E-state index contributed by atoms with van der Waals surface area (Å²) in [5.74, 6) is 1.26. The summed E-state index contributed by atoms with van der Waals surface area (Å²) in [6, 6.07) is 5.19. The summed E-state index contributed by atoms with van der Waals surface area (Å²) in [6.07, 6.45) is 3.27. The average molecular weight is 355 g/mol. The van der Waals surface area contributed by atoms with E-state index in [0.717, 1.165) is 32.5 Å². The second kappa shape index (κ2) is 9.87. The van der Waals surface area contributed by atoms with Crippen molar-refractivity contribution in [3.63, 3.8) is 0 Å². The monoisotopic (exact) mass is 354 g/mol. The van der Waals surface area contributed by atoms with Gasteiger partial charge in [-0.05, 0) is 57.0 Å². The molecular weight excluding hydrogens is 328 g/mol. The molecule has 1 heterocycles. The molecule has 24 heavy (non-hydrogen) atoms. The molecule has 1 aromatic rings. The minimum atomic E-state index is -0.00279. The average Bonchev–Trinajstić information content (AvgIpc) is 2.61. The van der Waals surface area contributed by atoms with Gasteiger partial charge in [-0.25, -0.2) is 0 Å². The molecule has 1 amide bonds. The van der Waals surface area contributed by atoms with E-state index in [4.69, 9.17) is 21.1 Å². The maximum absolute atomic E-state index is 12.9. The van der Waals surface area contributed by atoms with Gasteiger partial charge in [-0.15, -0.1) is 0 Å². The van der Waals surface area contributed by atoms with Gasteiger partial charge >= 0.3 is 0 Å². The molecule has 5 nitrogen and oxygen atoms in total. The van der Waals surface area contributed by atoms with Crippen LogP contribution in [0.1, 0.15) is 29.6 Å². The highest BCUT2D eigenvalue weighted by molar-refractivity contribution is 6.31. The number of methoxy groups -OCH3 is 1. The Hall–Kier alpha value is -1.30. The molecule has 1 saturated heterocycles. The van der Waals surface area contributed by atoms with Crippen molar-refractivity contribution in [3.05, 3.63) is 28.8 Å². The van der Waals surface area contributed by atoms with E-state index in [9.17, 15) is 4.79 Å². The van der Waals surface area contributed by atoms with Gasteiger partial charge in [0, 0.05) is 25.2 Å². The number of piperidine rings is 1. The first-order valence-electron chi connectivity index (χ1n) is 8.51. The van der Waals surface area contributed by atoms with E-state index >= 15 is 0 Å². The number of halogens is 1. The van der Waals surface area contributed by atoms with Crippen LogP contribution in [0.2, 0.25) is 5.02 Å². The second-order valence-electron chi connectivity index (χ2n) is 6.11. The topological polar surface area (TPSA) is 50.8 Å². The number of hydrogen-bond acceptors (Lipinski definition) is 4. The van der Waals surface area contributed by atoms with Crippen LogP contribution in [0.3, 0.4) is 0 Å². The number of rotatable bonds is 8. The zero-order valence-corrected chi connectivity index (χ0v) is 15.3. The lowest BCUT2D eigenvalue weighted by atomic mass is 9.93. The smallest absolute Gasteiger partial charge is 0.257 e.